The predicted octanol–water partition coefficient (Wildman–Crippen LogP) is 2.06. The van der Waals surface area contributed by atoms with Crippen LogP contribution in [-0.2, 0) is 4.79 Å². The average molecular weight is 306 g/mol. The lowest BCUT2D eigenvalue weighted by Crippen LogP contribution is -2.37. The first-order valence-electron chi connectivity index (χ1n) is 8.00. The van der Waals surface area contributed by atoms with Crippen molar-refractivity contribution in [3.8, 4) is 11.5 Å². The van der Waals surface area contributed by atoms with Crippen molar-refractivity contribution in [3.63, 3.8) is 0 Å². The lowest BCUT2D eigenvalue weighted by atomic mass is 10.3. The molecular weight excluding hydrogens is 280 g/mol. The Kier molecular flexibility index (Phi) is 6.52. The van der Waals surface area contributed by atoms with Crippen molar-refractivity contribution in [1.29, 1.82) is 0 Å². The number of amides is 1. The lowest BCUT2D eigenvalue weighted by molar-refractivity contribution is -0.127. The van der Waals surface area contributed by atoms with E-state index < -0.39 is 6.10 Å². The van der Waals surface area contributed by atoms with Crippen LogP contribution in [0, 0.1) is 0 Å². The maximum atomic E-state index is 12.0. The van der Waals surface area contributed by atoms with Gasteiger partial charge in [-0.25, -0.2) is 0 Å². The SMILES string of the molecule is COc1ccc(O[C@H](C)C(=O)NCCCN2CCCC2)cc1. The van der Waals surface area contributed by atoms with Crippen LogP contribution in [0.15, 0.2) is 24.3 Å². The second kappa shape index (κ2) is 8.63. The molecule has 1 atom stereocenters. The first kappa shape index (κ1) is 16.6. The Morgan fingerprint density at radius 2 is 1.86 bits per heavy atom. The molecule has 2 rings (SSSR count). The van der Waals surface area contributed by atoms with E-state index in [0.717, 1.165) is 18.7 Å². The Hall–Kier alpha value is -1.75. The van der Waals surface area contributed by atoms with E-state index in [0.29, 0.717) is 12.3 Å². The van der Waals surface area contributed by atoms with Gasteiger partial charge in [0.1, 0.15) is 11.5 Å². The number of benzene rings is 1. The van der Waals surface area contributed by atoms with Gasteiger partial charge in [0.05, 0.1) is 7.11 Å². The second-order valence-electron chi connectivity index (χ2n) is 5.63. The van der Waals surface area contributed by atoms with Gasteiger partial charge in [0.2, 0.25) is 0 Å². The molecule has 1 amide bonds. The van der Waals surface area contributed by atoms with Gasteiger partial charge < -0.3 is 19.7 Å². The molecule has 0 bridgehead atoms. The van der Waals surface area contributed by atoms with Crippen LogP contribution in [0.25, 0.3) is 0 Å². The second-order valence-corrected chi connectivity index (χ2v) is 5.63. The molecule has 1 heterocycles. The summed E-state index contributed by atoms with van der Waals surface area (Å²) in [6.45, 7) is 5.93. The molecule has 122 valence electrons. The highest BCUT2D eigenvalue weighted by Gasteiger charge is 2.15. The Labute approximate surface area is 132 Å². The van der Waals surface area contributed by atoms with Crippen molar-refractivity contribution < 1.29 is 14.3 Å². The minimum absolute atomic E-state index is 0.0720. The minimum Gasteiger partial charge on any atom is -0.497 e. The summed E-state index contributed by atoms with van der Waals surface area (Å²) in [4.78, 5) is 14.4. The van der Waals surface area contributed by atoms with Gasteiger partial charge >= 0.3 is 0 Å². The first-order valence-corrected chi connectivity index (χ1v) is 8.00. The maximum absolute atomic E-state index is 12.0. The van der Waals surface area contributed by atoms with Gasteiger partial charge in [-0.3, -0.25) is 4.79 Å². The van der Waals surface area contributed by atoms with Crippen LogP contribution < -0.4 is 14.8 Å². The zero-order valence-corrected chi connectivity index (χ0v) is 13.5. The first-order chi connectivity index (χ1) is 10.7. The zero-order chi connectivity index (χ0) is 15.8. The number of nitrogens with zero attached hydrogens (tertiary/aromatic N) is 1. The number of rotatable bonds is 8. The molecule has 5 heteroatoms. The summed E-state index contributed by atoms with van der Waals surface area (Å²) in [5.74, 6) is 1.36. The number of hydrogen-bond donors (Lipinski definition) is 1. The number of carbonyl (C=O) groups excluding carboxylic acids is 1. The van der Waals surface area contributed by atoms with E-state index in [1.807, 2.05) is 12.1 Å². The van der Waals surface area contributed by atoms with Crippen LogP contribution >= 0.6 is 0 Å². The quantitative estimate of drug-likeness (QED) is 0.747. The van der Waals surface area contributed by atoms with Crippen molar-refractivity contribution in [2.75, 3.05) is 33.3 Å². The summed E-state index contributed by atoms with van der Waals surface area (Å²) in [6, 6.07) is 7.23. The molecule has 5 nitrogen and oxygen atoms in total. The van der Waals surface area contributed by atoms with Crippen molar-refractivity contribution in [2.24, 2.45) is 0 Å². The molecule has 1 aliphatic heterocycles. The van der Waals surface area contributed by atoms with Gasteiger partial charge in [-0.2, -0.15) is 0 Å². The number of carbonyl (C=O) groups is 1. The van der Waals surface area contributed by atoms with Crippen LogP contribution in [0.5, 0.6) is 11.5 Å². The normalized spacial score (nSPS) is 16.3. The fourth-order valence-corrected chi connectivity index (χ4v) is 2.58. The highest BCUT2D eigenvalue weighted by atomic mass is 16.5. The smallest absolute Gasteiger partial charge is 0.260 e. The van der Waals surface area contributed by atoms with Gasteiger partial charge in [-0.1, -0.05) is 0 Å². The molecule has 0 unspecified atom stereocenters. The molecule has 0 aromatic heterocycles. The highest BCUT2D eigenvalue weighted by molar-refractivity contribution is 5.80. The lowest BCUT2D eigenvalue weighted by Gasteiger charge is -2.17. The minimum atomic E-state index is -0.500. The van der Waals surface area contributed by atoms with Gasteiger partial charge in [-0.15, -0.1) is 0 Å². The summed E-state index contributed by atoms with van der Waals surface area (Å²) < 4.78 is 10.7. The largest absolute Gasteiger partial charge is 0.497 e. The third-order valence-electron chi connectivity index (χ3n) is 3.89. The van der Waals surface area contributed by atoms with Gasteiger partial charge in [0.15, 0.2) is 6.10 Å². The van der Waals surface area contributed by atoms with Crippen LogP contribution in [0.1, 0.15) is 26.2 Å². The Morgan fingerprint density at radius 1 is 1.23 bits per heavy atom. The zero-order valence-electron chi connectivity index (χ0n) is 13.5. The van der Waals surface area contributed by atoms with E-state index in [2.05, 4.69) is 10.2 Å². The Balaban J connectivity index is 1.65. The molecule has 1 N–H and O–H groups in total. The van der Waals surface area contributed by atoms with Crippen LogP contribution in [-0.4, -0.2) is 50.2 Å². The van der Waals surface area contributed by atoms with E-state index in [4.69, 9.17) is 9.47 Å². The van der Waals surface area contributed by atoms with Crippen LogP contribution in [0.2, 0.25) is 0 Å². The molecule has 22 heavy (non-hydrogen) atoms. The third kappa shape index (κ3) is 5.22. The van der Waals surface area contributed by atoms with Gasteiger partial charge in [0, 0.05) is 6.54 Å². The topological polar surface area (TPSA) is 50.8 Å². The Bertz CT molecular complexity index is 455. The standard InChI is InChI=1S/C17H26N2O3/c1-14(22-16-8-6-15(21-2)7-9-16)17(20)18-10-5-13-19-11-3-4-12-19/h6-9,14H,3-5,10-13H2,1-2H3,(H,18,20)/t14-/m1/s1. The van der Waals surface area contributed by atoms with E-state index in [-0.39, 0.29) is 5.91 Å². The van der Waals surface area contributed by atoms with Crippen molar-refractivity contribution in [2.45, 2.75) is 32.3 Å². The molecule has 0 spiro atoms. The third-order valence-corrected chi connectivity index (χ3v) is 3.89. The molecule has 0 saturated carbocycles. The predicted molar refractivity (Wildman–Crippen MR) is 86.4 cm³/mol. The van der Waals surface area contributed by atoms with Crippen molar-refractivity contribution >= 4 is 5.91 Å². The summed E-state index contributed by atoms with van der Waals surface area (Å²) in [5, 5.41) is 2.93. The van der Waals surface area contributed by atoms with Crippen molar-refractivity contribution in [1.82, 2.24) is 10.2 Å². The fourth-order valence-electron chi connectivity index (χ4n) is 2.58. The summed E-state index contributed by atoms with van der Waals surface area (Å²) in [7, 11) is 1.62. The van der Waals surface area contributed by atoms with Crippen LogP contribution in [0.3, 0.4) is 0 Å². The van der Waals surface area contributed by atoms with Crippen molar-refractivity contribution in [3.05, 3.63) is 24.3 Å². The van der Waals surface area contributed by atoms with Crippen LogP contribution in [0.4, 0.5) is 0 Å². The van der Waals surface area contributed by atoms with E-state index in [1.54, 1.807) is 26.2 Å². The fraction of sp³-hybridized carbons (Fsp3) is 0.588. The molecule has 1 fully saturated rings. The van der Waals surface area contributed by atoms with E-state index in [1.165, 1.54) is 25.9 Å². The molecule has 1 aromatic carbocycles. The Morgan fingerprint density at radius 3 is 2.50 bits per heavy atom. The van der Waals surface area contributed by atoms with E-state index in [9.17, 15) is 4.79 Å². The summed E-state index contributed by atoms with van der Waals surface area (Å²) >= 11 is 0. The van der Waals surface area contributed by atoms with Gasteiger partial charge in [-0.05, 0) is 70.1 Å². The number of ether oxygens (including phenoxy) is 2. The molecular formula is C17H26N2O3. The molecule has 0 radical (unpaired) electrons. The van der Waals surface area contributed by atoms with Gasteiger partial charge in [0.25, 0.3) is 5.91 Å². The summed E-state index contributed by atoms with van der Waals surface area (Å²) in [6.07, 6.45) is 3.10. The molecule has 0 aliphatic carbocycles. The monoisotopic (exact) mass is 306 g/mol. The number of hydrogen-bond acceptors (Lipinski definition) is 4. The maximum Gasteiger partial charge on any atom is 0.260 e. The van der Waals surface area contributed by atoms with E-state index >= 15 is 0 Å². The average Bonchev–Trinajstić information content (AvgIpc) is 3.05. The highest BCUT2D eigenvalue weighted by Crippen LogP contribution is 2.18. The summed E-state index contributed by atoms with van der Waals surface area (Å²) in [5.41, 5.74) is 0. The molecule has 1 saturated heterocycles. The number of nitrogens with one attached hydrogen (secondary N) is 1. The molecule has 1 aromatic rings. The number of methoxy groups -OCH3 is 1. The number of likely N-dealkylation sites (tertiary alicyclic amines) is 1. The molecule has 1 aliphatic rings.